The van der Waals surface area contributed by atoms with Gasteiger partial charge in [-0.1, -0.05) is 0 Å². The molecule has 6 heteroatoms. The molecule has 1 amide bonds. The van der Waals surface area contributed by atoms with E-state index in [1.807, 2.05) is 24.9 Å². The van der Waals surface area contributed by atoms with Crippen molar-refractivity contribution in [1.29, 1.82) is 0 Å². The summed E-state index contributed by atoms with van der Waals surface area (Å²) < 4.78 is 2.05. The van der Waals surface area contributed by atoms with E-state index >= 15 is 0 Å². The van der Waals surface area contributed by atoms with Crippen LogP contribution < -0.4 is 10.6 Å². The summed E-state index contributed by atoms with van der Waals surface area (Å²) in [6, 6.07) is 2.11. The number of hydrogen-bond donors (Lipinski definition) is 2. The molecule has 1 fully saturated rings. The van der Waals surface area contributed by atoms with E-state index in [0.29, 0.717) is 12.3 Å². The van der Waals surface area contributed by atoms with E-state index in [-0.39, 0.29) is 5.91 Å². The highest BCUT2D eigenvalue weighted by molar-refractivity contribution is 5.80. The van der Waals surface area contributed by atoms with Crippen molar-refractivity contribution >= 4 is 11.9 Å². The van der Waals surface area contributed by atoms with Gasteiger partial charge in [-0.05, 0) is 30.4 Å². The van der Waals surface area contributed by atoms with Gasteiger partial charge >= 0.3 is 0 Å². The number of rotatable bonds is 4. The smallest absolute Gasteiger partial charge is 0.220 e. The highest BCUT2D eigenvalue weighted by Gasteiger charge is 2.22. The Labute approximate surface area is 132 Å². The molecule has 1 aliphatic heterocycles. The zero-order valence-electron chi connectivity index (χ0n) is 13.8. The maximum absolute atomic E-state index is 11.5. The molecule has 22 heavy (non-hydrogen) atoms. The largest absolute Gasteiger partial charge is 0.359 e. The van der Waals surface area contributed by atoms with Crippen LogP contribution in [0, 0.1) is 5.92 Å². The Morgan fingerprint density at radius 1 is 1.41 bits per heavy atom. The van der Waals surface area contributed by atoms with Gasteiger partial charge in [0, 0.05) is 59.6 Å². The van der Waals surface area contributed by atoms with Gasteiger partial charge in [-0.15, -0.1) is 0 Å². The number of carbonyl (C=O) groups excluding carboxylic acids is 1. The Hall–Kier alpha value is -1.98. The van der Waals surface area contributed by atoms with Crippen molar-refractivity contribution in [2.45, 2.75) is 25.8 Å². The van der Waals surface area contributed by atoms with Crippen molar-refractivity contribution in [2.75, 3.05) is 27.2 Å². The second-order valence-electron chi connectivity index (χ2n) is 5.89. The third kappa shape index (κ3) is 4.51. The number of carbonyl (C=O) groups is 1. The molecule has 2 rings (SSSR count). The van der Waals surface area contributed by atoms with Gasteiger partial charge in [0.05, 0.1) is 0 Å². The van der Waals surface area contributed by atoms with Gasteiger partial charge < -0.3 is 20.1 Å². The molecule has 0 radical (unpaired) electrons. The van der Waals surface area contributed by atoms with Crippen molar-refractivity contribution < 1.29 is 4.79 Å². The van der Waals surface area contributed by atoms with Gasteiger partial charge in [0.25, 0.3) is 0 Å². The maximum atomic E-state index is 11.5. The number of guanidine groups is 1. The molecule has 1 aromatic rings. The standard InChI is InChI=1S/C16H27N5O/c1-17-15(22)10-13-5-8-21(9-6-13)16(18-2)19-11-14-4-7-20(3)12-14/h4,7,12-13H,5-6,8-11H2,1-3H3,(H,17,22)(H,18,19). The van der Waals surface area contributed by atoms with Gasteiger partial charge in [-0.2, -0.15) is 0 Å². The molecule has 6 nitrogen and oxygen atoms in total. The molecule has 0 spiro atoms. The second-order valence-corrected chi connectivity index (χ2v) is 5.89. The first-order chi connectivity index (χ1) is 10.6. The Bertz CT molecular complexity index is 514. The first-order valence-electron chi connectivity index (χ1n) is 7.89. The van der Waals surface area contributed by atoms with Crippen LogP contribution in [-0.2, 0) is 18.4 Å². The minimum atomic E-state index is 0.144. The van der Waals surface area contributed by atoms with E-state index in [9.17, 15) is 4.79 Å². The fourth-order valence-corrected chi connectivity index (χ4v) is 2.89. The molecule has 1 saturated heterocycles. The van der Waals surface area contributed by atoms with E-state index in [2.05, 4.69) is 32.8 Å². The average Bonchev–Trinajstić information content (AvgIpc) is 2.95. The Balaban J connectivity index is 1.79. The molecule has 122 valence electrons. The van der Waals surface area contributed by atoms with Crippen molar-refractivity contribution in [3.8, 4) is 0 Å². The van der Waals surface area contributed by atoms with Crippen LogP contribution in [-0.4, -0.2) is 48.5 Å². The summed E-state index contributed by atoms with van der Waals surface area (Å²) >= 11 is 0. The van der Waals surface area contributed by atoms with Crippen molar-refractivity contribution in [1.82, 2.24) is 20.1 Å². The van der Waals surface area contributed by atoms with Crippen molar-refractivity contribution in [3.63, 3.8) is 0 Å². The quantitative estimate of drug-likeness (QED) is 0.643. The summed E-state index contributed by atoms with van der Waals surface area (Å²) in [6.45, 7) is 2.69. The first kappa shape index (κ1) is 16.4. The lowest BCUT2D eigenvalue weighted by molar-refractivity contribution is -0.121. The molecule has 0 aliphatic carbocycles. The molecule has 0 bridgehead atoms. The van der Waals surface area contributed by atoms with Crippen LogP contribution in [0.2, 0.25) is 0 Å². The number of aromatic nitrogens is 1. The lowest BCUT2D eigenvalue weighted by atomic mass is 9.93. The topological polar surface area (TPSA) is 61.7 Å². The predicted molar refractivity (Wildman–Crippen MR) is 88.6 cm³/mol. The fourth-order valence-electron chi connectivity index (χ4n) is 2.89. The van der Waals surface area contributed by atoms with Gasteiger partial charge in [-0.3, -0.25) is 9.79 Å². The van der Waals surface area contributed by atoms with Crippen molar-refractivity contribution in [2.24, 2.45) is 18.0 Å². The number of likely N-dealkylation sites (tertiary alicyclic amines) is 1. The van der Waals surface area contributed by atoms with Gasteiger partial charge in [0.2, 0.25) is 5.91 Å². The number of hydrogen-bond acceptors (Lipinski definition) is 2. The molecule has 1 aromatic heterocycles. The molecule has 1 aliphatic rings. The number of amides is 1. The molecular weight excluding hydrogens is 278 g/mol. The normalized spacial score (nSPS) is 16.7. The first-order valence-corrected chi connectivity index (χ1v) is 7.89. The van der Waals surface area contributed by atoms with E-state index in [0.717, 1.165) is 38.4 Å². The second kappa shape index (κ2) is 7.87. The number of piperidine rings is 1. The van der Waals surface area contributed by atoms with Crippen LogP contribution in [0.15, 0.2) is 23.5 Å². The molecule has 2 heterocycles. The van der Waals surface area contributed by atoms with Crippen LogP contribution in [0.1, 0.15) is 24.8 Å². The SMILES string of the molecule is CN=C(NCc1ccn(C)c1)N1CCC(CC(=O)NC)CC1. The molecule has 0 atom stereocenters. The minimum absolute atomic E-state index is 0.144. The van der Waals surface area contributed by atoms with E-state index in [4.69, 9.17) is 0 Å². The summed E-state index contributed by atoms with van der Waals surface area (Å²) in [6.07, 6.45) is 6.87. The predicted octanol–water partition coefficient (Wildman–Crippen LogP) is 0.949. The van der Waals surface area contributed by atoms with E-state index in [1.54, 1.807) is 7.05 Å². The lowest BCUT2D eigenvalue weighted by Crippen LogP contribution is -2.45. The summed E-state index contributed by atoms with van der Waals surface area (Å²) in [5.74, 6) is 1.58. The maximum Gasteiger partial charge on any atom is 0.220 e. The van der Waals surface area contributed by atoms with Gasteiger partial charge in [-0.25, -0.2) is 0 Å². The Kier molecular flexibility index (Phi) is 5.86. The van der Waals surface area contributed by atoms with Crippen LogP contribution in [0.25, 0.3) is 0 Å². The third-order valence-corrected chi connectivity index (χ3v) is 4.22. The van der Waals surface area contributed by atoms with E-state index < -0.39 is 0 Å². The van der Waals surface area contributed by atoms with E-state index in [1.165, 1.54) is 5.56 Å². The van der Waals surface area contributed by atoms with Gasteiger partial charge in [0.15, 0.2) is 5.96 Å². The van der Waals surface area contributed by atoms with Crippen LogP contribution in [0.3, 0.4) is 0 Å². The highest BCUT2D eigenvalue weighted by Crippen LogP contribution is 2.20. The molecular formula is C16H27N5O. The van der Waals surface area contributed by atoms with Gasteiger partial charge in [0.1, 0.15) is 0 Å². The molecule has 0 saturated carbocycles. The van der Waals surface area contributed by atoms with Crippen LogP contribution >= 0.6 is 0 Å². The lowest BCUT2D eigenvalue weighted by Gasteiger charge is -2.34. The summed E-state index contributed by atoms with van der Waals surface area (Å²) in [4.78, 5) is 18.1. The third-order valence-electron chi connectivity index (χ3n) is 4.22. The van der Waals surface area contributed by atoms with Crippen molar-refractivity contribution in [3.05, 3.63) is 24.0 Å². The summed E-state index contributed by atoms with van der Waals surface area (Å²) in [5.41, 5.74) is 1.25. The molecule has 0 aromatic carbocycles. The number of nitrogens with one attached hydrogen (secondary N) is 2. The fraction of sp³-hybridized carbons (Fsp3) is 0.625. The highest BCUT2D eigenvalue weighted by atomic mass is 16.1. The monoisotopic (exact) mass is 305 g/mol. The zero-order chi connectivity index (χ0) is 15.9. The molecule has 0 unspecified atom stereocenters. The Morgan fingerprint density at radius 2 is 2.14 bits per heavy atom. The summed E-state index contributed by atoms with van der Waals surface area (Å²) in [7, 11) is 5.55. The van der Waals surface area contributed by atoms with Crippen LogP contribution in [0.5, 0.6) is 0 Å². The minimum Gasteiger partial charge on any atom is -0.359 e. The Morgan fingerprint density at radius 3 is 2.68 bits per heavy atom. The number of aryl methyl sites for hydroxylation is 1. The summed E-state index contributed by atoms with van der Waals surface area (Å²) in [5, 5.41) is 6.13. The molecule has 2 N–H and O–H groups in total. The van der Waals surface area contributed by atoms with Crippen LogP contribution in [0.4, 0.5) is 0 Å². The number of aliphatic imine (C=N–C) groups is 1. The average molecular weight is 305 g/mol. The number of nitrogens with zero attached hydrogens (tertiary/aromatic N) is 3. The zero-order valence-corrected chi connectivity index (χ0v) is 13.8.